The zero-order chi connectivity index (χ0) is 11.7. The van der Waals surface area contributed by atoms with Crippen molar-refractivity contribution >= 4 is 11.4 Å². The van der Waals surface area contributed by atoms with Gasteiger partial charge in [-0.1, -0.05) is 0 Å². The molecule has 0 aliphatic heterocycles. The van der Waals surface area contributed by atoms with Gasteiger partial charge in [-0.15, -0.1) is 0 Å². The average molecular weight is 228 g/mol. The first-order valence-electron chi connectivity index (χ1n) is 4.98. The number of nitro benzene ring substituents is 1. The van der Waals surface area contributed by atoms with Gasteiger partial charge in [0, 0.05) is 12.1 Å². The normalized spacial score (nSPS) is 15.6. The minimum Gasteiger partial charge on any atom is -0.377 e. The van der Waals surface area contributed by atoms with E-state index < -0.39 is 22.2 Å². The Bertz CT molecular complexity index is 433. The summed E-state index contributed by atoms with van der Waals surface area (Å²) in [4.78, 5) is 9.93. The fraction of sp³-hybridized carbons (Fsp3) is 0.400. The van der Waals surface area contributed by atoms with E-state index in [2.05, 4.69) is 5.32 Å². The average Bonchev–Trinajstić information content (AvgIpc) is 2.16. The first kappa shape index (κ1) is 10.8. The highest BCUT2D eigenvalue weighted by Crippen LogP contribution is 2.31. The molecule has 4 nitrogen and oxygen atoms in total. The minimum absolute atomic E-state index is 0.0496. The number of halogens is 2. The predicted octanol–water partition coefficient (Wildman–Crippen LogP) is 2.84. The van der Waals surface area contributed by atoms with E-state index in [1.807, 2.05) is 0 Å². The molecule has 0 spiro atoms. The van der Waals surface area contributed by atoms with Gasteiger partial charge >= 0.3 is 0 Å². The van der Waals surface area contributed by atoms with Gasteiger partial charge in [0.1, 0.15) is 5.69 Å². The molecule has 0 heterocycles. The Hall–Kier alpha value is -1.72. The summed E-state index contributed by atoms with van der Waals surface area (Å²) >= 11 is 0. The second-order valence-corrected chi connectivity index (χ2v) is 3.81. The molecule has 16 heavy (non-hydrogen) atoms. The van der Waals surface area contributed by atoms with E-state index in [0.29, 0.717) is 6.07 Å². The number of hydrogen-bond acceptors (Lipinski definition) is 3. The third-order valence-electron chi connectivity index (χ3n) is 2.70. The lowest BCUT2D eigenvalue weighted by Crippen LogP contribution is -2.27. The second kappa shape index (κ2) is 4.03. The Morgan fingerprint density at radius 1 is 1.31 bits per heavy atom. The van der Waals surface area contributed by atoms with Gasteiger partial charge < -0.3 is 5.32 Å². The molecule has 0 unspecified atom stereocenters. The Morgan fingerprint density at radius 2 is 1.94 bits per heavy atom. The number of nitrogens with zero attached hydrogens (tertiary/aromatic N) is 1. The zero-order valence-electron chi connectivity index (χ0n) is 8.37. The number of nitrogens with one attached hydrogen (secondary N) is 1. The van der Waals surface area contributed by atoms with Crippen molar-refractivity contribution in [3.8, 4) is 0 Å². The van der Waals surface area contributed by atoms with Crippen LogP contribution in [0.5, 0.6) is 0 Å². The highest BCUT2D eigenvalue weighted by molar-refractivity contribution is 5.62. The van der Waals surface area contributed by atoms with Gasteiger partial charge in [0.15, 0.2) is 11.6 Å². The van der Waals surface area contributed by atoms with Crippen LogP contribution >= 0.6 is 0 Å². The Labute approximate surface area is 90.4 Å². The number of hydrogen-bond donors (Lipinski definition) is 1. The summed E-state index contributed by atoms with van der Waals surface area (Å²) in [6.07, 6.45) is 2.85. The molecule has 1 fully saturated rings. The van der Waals surface area contributed by atoms with Gasteiger partial charge in [0.25, 0.3) is 5.69 Å². The van der Waals surface area contributed by atoms with Crippen LogP contribution in [0.2, 0.25) is 0 Å². The van der Waals surface area contributed by atoms with Crippen LogP contribution in [0.3, 0.4) is 0 Å². The topological polar surface area (TPSA) is 55.2 Å². The number of nitro groups is 1. The molecule has 1 aromatic carbocycles. The molecule has 1 aliphatic rings. The fourth-order valence-corrected chi connectivity index (χ4v) is 1.58. The van der Waals surface area contributed by atoms with Crippen LogP contribution in [0.1, 0.15) is 19.3 Å². The molecule has 0 aromatic heterocycles. The summed E-state index contributed by atoms with van der Waals surface area (Å²) in [6.45, 7) is 0. The standard InChI is InChI=1S/C10H10F2N2O2/c11-7-4-9(13-6-2-1-3-6)10(14(15)16)5-8(7)12/h4-6,13H,1-3H2. The monoisotopic (exact) mass is 228 g/mol. The summed E-state index contributed by atoms with van der Waals surface area (Å²) in [6, 6.07) is 1.57. The summed E-state index contributed by atoms with van der Waals surface area (Å²) in [5, 5.41) is 13.5. The molecule has 1 aliphatic carbocycles. The Kier molecular flexibility index (Phi) is 2.72. The van der Waals surface area contributed by atoms with Gasteiger partial charge in [-0.05, 0) is 19.3 Å². The van der Waals surface area contributed by atoms with Crippen LogP contribution in [0, 0.1) is 21.7 Å². The quantitative estimate of drug-likeness (QED) is 0.639. The smallest absolute Gasteiger partial charge is 0.295 e. The zero-order valence-corrected chi connectivity index (χ0v) is 8.37. The van der Waals surface area contributed by atoms with Crippen LogP contribution in [-0.4, -0.2) is 11.0 Å². The maximum Gasteiger partial charge on any atom is 0.295 e. The lowest BCUT2D eigenvalue weighted by molar-refractivity contribution is -0.384. The van der Waals surface area contributed by atoms with E-state index in [4.69, 9.17) is 0 Å². The van der Waals surface area contributed by atoms with Crippen molar-refractivity contribution in [2.24, 2.45) is 0 Å². The number of rotatable bonds is 3. The molecule has 86 valence electrons. The van der Waals surface area contributed by atoms with Crippen LogP contribution in [-0.2, 0) is 0 Å². The van der Waals surface area contributed by atoms with Crippen molar-refractivity contribution in [1.29, 1.82) is 0 Å². The predicted molar refractivity (Wildman–Crippen MR) is 54.3 cm³/mol. The SMILES string of the molecule is O=[N+]([O-])c1cc(F)c(F)cc1NC1CCC1. The molecule has 0 saturated heterocycles. The molecule has 0 amide bonds. The lowest BCUT2D eigenvalue weighted by atomic mass is 9.93. The fourth-order valence-electron chi connectivity index (χ4n) is 1.58. The highest BCUT2D eigenvalue weighted by Gasteiger charge is 2.23. The van der Waals surface area contributed by atoms with Crippen molar-refractivity contribution in [2.45, 2.75) is 25.3 Å². The van der Waals surface area contributed by atoms with Gasteiger partial charge in [0.05, 0.1) is 11.0 Å². The van der Waals surface area contributed by atoms with E-state index in [9.17, 15) is 18.9 Å². The number of anilines is 1. The van der Waals surface area contributed by atoms with E-state index in [1.165, 1.54) is 0 Å². The van der Waals surface area contributed by atoms with Crippen molar-refractivity contribution in [1.82, 2.24) is 0 Å². The largest absolute Gasteiger partial charge is 0.377 e. The van der Waals surface area contributed by atoms with Crippen LogP contribution in [0.4, 0.5) is 20.2 Å². The molecule has 1 aromatic rings. The first-order chi connectivity index (χ1) is 7.58. The summed E-state index contributed by atoms with van der Waals surface area (Å²) in [5.41, 5.74) is -0.376. The molecule has 0 atom stereocenters. The molecular weight excluding hydrogens is 218 g/mol. The molecule has 0 bridgehead atoms. The maximum absolute atomic E-state index is 13.0. The van der Waals surface area contributed by atoms with E-state index >= 15 is 0 Å². The molecule has 1 N–H and O–H groups in total. The Balaban J connectivity index is 2.32. The summed E-state index contributed by atoms with van der Waals surface area (Å²) in [7, 11) is 0. The highest BCUT2D eigenvalue weighted by atomic mass is 19.2. The third-order valence-corrected chi connectivity index (χ3v) is 2.70. The summed E-state index contributed by atoms with van der Waals surface area (Å²) in [5.74, 6) is -2.28. The van der Waals surface area contributed by atoms with E-state index in [0.717, 1.165) is 25.3 Å². The Morgan fingerprint density at radius 3 is 2.44 bits per heavy atom. The van der Waals surface area contributed by atoms with Gasteiger partial charge in [-0.2, -0.15) is 0 Å². The first-order valence-corrected chi connectivity index (χ1v) is 4.98. The second-order valence-electron chi connectivity index (χ2n) is 3.81. The molecule has 2 rings (SSSR count). The van der Waals surface area contributed by atoms with Gasteiger partial charge in [-0.3, -0.25) is 10.1 Å². The molecule has 6 heteroatoms. The maximum atomic E-state index is 13.0. The van der Waals surface area contributed by atoms with Crippen LogP contribution < -0.4 is 5.32 Å². The van der Waals surface area contributed by atoms with Crippen molar-refractivity contribution in [3.63, 3.8) is 0 Å². The van der Waals surface area contributed by atoms with E-state index in [1.54, 1.807) is 0 Å². The third kappa shape index (κ3) is 1.95. The summed E-state index contributed by atoms with van der Waals surface area (Å²) < 4.78 is 25.8. The lowest BCUT2D eigenvalue weighted by Gasteiger charge is -2.27. The van der Waals surface area contributed by atoms with E-state index in [-0.39, 0.29) is 11.7 Å². The van der Waals surface area contributed by atoms with Crippen molar-refractivity contribution in [2.75, 3.05) is 5.32 Å². The molecule has 1 saturated carbocycles. The van der Waals surface area contributed by atoms with Gasteiger partial charge in [-0.25, -0.2) is 8.78 Å². The number of benzene rings is 1. The molecule has 0 radical (unpaired) electrons. The van der Waals surface area contributed by atoms with Crippen LogP contribution in [0.25, 0.3) is 0 Å². The van der Waals surface area contributed by atoms with Gasteiger partial charge in [0.2, 0.25) is 0 Å². The van der Waals surface area contributed by atoms with Crippen molar-refractivity contribution in [3.05, 3.63) is 33.9 Å². The minimum atomic E-state index is -1.20. The van der Waals surface area contributed by atoms with Crippen molar-refractivity contribution < 1.29 is 13.7 Å². The molecular formula is C10H10F2N2O2. The van der Waals surface area contributed by atoms with Crippen LogP contribution in [0.15, 0.2) is 12.1 Å².